The number of carboxylic acid groups (broad SMARTS) is 1. The highest BCUT2D eigenvalue weighted by atomic mass is 16.4. The maximum Gasteiger partial charge on any atom is 0.310 e. The summed E-state index contributed by atoms with van der Waals surface area (Å²) in [6.45, 7) is 12.2. The standard InChI is InChI=1S/C41H44N8O4/c1-24(22-50)43-19-27-16-33-35(44-20-27)37(46-25(2)45-33)47-30-9-6-8-28(17-30)31-10-7-11-32(40(31,3)4)38-48-34-15-26(14-29(18-42)36(34)53-38)21-49-13-12-41(5,23-49)39(51)52/h6-11,14-17,20,24,32,43,50H,12-13,19,21-23H2,1-5H3,(H,51,52)(H,45,46,47). The van der Waals surface area contributed by atoms with Gasteiger partial charge in [-0.1, -0.05) is 44.2 Å². The molecule has 12 heteroatoms. The zero-order valence-corrected chi connectivity index (χ0v) is 30.6. The van der Waals surface area contributed by atoms with Crippen molar-refractivity contribution < 1.29 is 19.4 Å². The topological polar surface area (TPSA) is 173 Å². The number of aliphatic hydroxyl groups is 1. The normalized spacial score (nSPS) is 20.4. The van der Waals surface area contributed by atoms with E-state index < -0.39 is 16.8 Å². The molecule has 2 aromatic carbocycles. The molecule has 4 N–H and O–H groups in total. The number of allylic oxidation sites excluding steroid dienone is 4. The fourth-order valence-electron chi connectivity index (χ4n) is 7.40. The number of anilines is 2. The van der Waals surface area contributed by atoms with Crippen LogP contribution in [0.15, 0.2) is 71.3 Å². The van der Waals surface area contributed by atoms with Gasteiger partial charge >= 0.3 is 5.97 Å². The molecule has 0 spiro atoms. The second-order valence-electron chi connectivity index (χ2n) is 15.1. The molecule has 1 aliphatic carbocycles. The molecule has 12 nitrogen and oxygen atoms in total. The van der Waals surface area contributed by atoms with Crippen molar-refractivity contribution in [3.63, 3.8) is 0 Å². The maximum atomic E-state index is 11.8. The van der Waals surface area contributed by atoms with Gasteiger partial charge in [-0.15, -0.1) is 0 Å². The quantitative estimate of drug-likeness (QED) is 0.115. The predicted octanol–water partition coefficient (Wildman–Crippen LogP) is 6.62. The maximum absolute atomic E-state index is 11.8. The Morgan fingerprint density at radius 3 is 2.70 bits per heavy atom. The molecule has 7 rings (SSSR count). The van der Waals surface area contributed by atoms with E-state index in [9.17, 15) is 20.3 Å². The number of aliphatic carboxylic acids is 1. The van der Waals surface area contributed by atoms with Crippen LogP contribution in [0.1, 0.15) is 74.0 Å². The third-order valence-electron chi connectivity index (χ3n) is 10.5. The SMILES string of the molecule is Cc1nc(Nc2cccc(C3=CC=CC(c4nc5cc(CN6CCC(C)(C(=O)O)C6)cc(C#N)c5o4)C3(C)C)c2)c2ncc(CNC(C)CO)cc2n1. The lowest BCUT2D eigenvalue weighted by Crippen LogP contribution is -2.31. The number of rotatable bonds is 11. The molecule has 1 fully saturated rings. The van der Waals surface area contributed by atoms with E-state index in [2.05, 4.69) is 64.7 Å². The molecule has 1 aliphatic heterocycles. The molecule has 0 amide bonds. The zero-order valence-electron chi connectivity index (χ0n) is 30.6. The number of aliphatic hydroxyl groups excluding tert-OH is 1. The molecule has 2 aliphatic rings. The monoisotopic (exact) mass is 712 g/mol. The van der Waals surface area contributed by atoms with Crippen molar-refractivity contribution in [3.05, 3.63) is 101 Å². The number of likely N-dealkylation sites (tertiary alicyclic amines) is 1. The van der Waals surface area contributed by atoms with Crippen LogP contribution in [-0.2, 0) is 17.9 Å². The van der Waals surface area contributed by atoms with Crippen molar-refractivity contribution in [1.29, 1.82) is 5.26 Å². The summed E-state index contributed by atoms with van der Waals surface area (Å²) in [5, 5.41) is 35.9. The number of nitrogens with zero attached hydrogens (tertiary/aromatic N) is 6. The highest BCUT2D eigenvalue weighted by molar-refractivity contribution is 5.88. The number of hydrogen-bond donors (Lipinski definition) is 4. The van der Waals surface area contributed by atoms with E-state index in [1.165, 1.54) is 0 Å². The molecule has 3 atom stereocenters. The van der Waals surface area contributed by atoms with Crippen LogP contribution in [0, 0.1) is 29.1 Å². The summed E-state index contributed by atoms with van der Waals surface area (Å²) >= 11 is 0. The van der Waals surface area contributed by atoms with Gasteiger partial charge in [-0.3, -0.25) is 14.7 Å². The number of nitriles is 1. The van der Waals surface area contributed by atoms with Gasteiger partial charge in [-0.2, -0.15) is 5.26 Å². The first-order chi connectivity index (χ1) is 25.4. The molecular weight excluding hydrogens is 669 g/mol. The molecule has 0 radical (unpaired) electrons. The van der Waals surface area contributed by atoms with E-state index in [1.54, 1.807) is 13.1 Å². The predicted molar refractivity (Wildman–Crippen MR) is 203 cm³/mol. The lowest BCUT2D eigenvalue weighted by Gasteiger charge is -2.35. The fraction of sp³-hybridized carbons (Fsp3) is 0.366. The fourth-order valence-corrected chi connectivity index (χ4v) is 7.40. The Labute approximate surface area is 308 Å². The van der Waals surface area contributed by atoms with Gasteiger partial charge in [0.15, 0.2) is 11.4 Å². The lowest BCUT2D eigenvalue weighted by atomic mass is 9.68. The van der Waals surface area contributed by atoms with Crippen molar-refractivity contribution in [3.8, 4) is 6.07 Å². The number of pyridine rings is 1. The number of aryl methyl sites for hydroxylation is 1. The average molecular weight is 713 g/mol. The first-order valence-corrected chi connectivity index (χ1v) is 17.9. The van der Waals surface area contributed by atoms with Gasteiger partial charge in [0.2, 0.25) is 5.89 Å². The van der Waals surface area contributed by atoms with Crippen LogP contribution in [-0.4, -0.2) is 66.8 Å². The van der Waals surface area contributed by atoms with Crippen LogP contribution in [0.5, 0.6) is 0 Å². The first-order valence-electron chi connectivity index (χ1n) is 17.9. The Kier molecular flexibility index (Phi) is 9.59. The molecule has 3 unspecified atom stereocenters. The Balaban J connectivity index is 1.13. The van der Waals surface area contributed by atoms with Crippen molar-refractivity contribution in [2.45, 2.75) is 66.1 Å². The number of carbonyl (C=O) groups is 1. The van der Waals surface area contributed by atoms with Crippen LogP contribution in [0.3, 0.4) is 0 Å². The number of nitrogens with one attached hydrogen (secondary N) is 2. The van der Waals surface area contributed by atoms with Crippen molar-refractivity contribution >= 4 is 45.2 Å². The van der Waals surface area contributed by atoms with Gasteiger partial charge in [0.1, 0.15) is 22.9 Å². The largest absolute Gasteiger partial charge is 0.481 e. The van der Waals surface area contributed by atoms with Gasteiger partial charge in [0, 0.05) is 43.0 Å². The minimum Gasteiger partial charge on any atom is -0.481 e. The van der Waals surface area contributed by atoms with Crippen molar-refractivity contribution in [1.82, 2.24) is 30.2 Å². The number of aromatic nitrogens is 4. The summed E-state index contributed by atoms with van der Waals surface area (Å²) in [7, 11) is 0. The molecule has 3 aromatic heterocycles. The van der Waals surface area contributed by atoms with Crippen molar-refractivity contribution in [2.75, 3.05) is 25.0 Å². The molecule has 272 valence electrons. The summed E-state index contributed by atoms with van der Waals surface area (Å²) in [5.74, 6) is 0.774. The lowest BCUT2D eigenvalue weighted by molar-refractivity contribution is -0.147. The summed E-state index contributed by atoms with van der Waals surface area (Å²) in [5.41, 5.74) is 6.52. The van der Waals surface area contributed by atoms with Gasteiger partial charge in [-0.25, -0.2) is 15.0 Å². The third-order valence-corrected chi connectivity index (χ3v) is 10.5. The highest BCUT2D eigenvalue weighted by Gasteiger charge is 2.41. The molecule has 1 saturated heterocycles. The minimum atomic E-state index is -0.783. The summed E-state index contributed by atoms with van der Waals surface area (Å²) in [6, 6.07) is 16.2. The molecule has 0 bridgehead atoms. The van der Waals surface area contributed by atoms with E-state index >= 15 is 0 Å². The van der Waals surface area contributed by atoms with E-state index in [1.807, 2.05) is 50.3 Å². The average Bonchev–Trinajstić information content (AvgIpc) is 3.73. The second-order valence-corrected chi connectivity index (χ2v) is 15.1. The number of fused-ring (bicyclic) bond motifs is 2. The Morgan fingerprint density at radius 1 is 1.13 bits per heavy atom. The van der Waals surface area contributed by atoms with E-state index in [0.29, 0.717) is 72.3 Å². The molecular formula is C41H44N8O4. The Morgan fingerprint density at radius 2 is 1.94 bits per heavy atom. The van der Waals surface area contributed by atoms with Gasteiger partial charge < -0.3 is 25.3 Å². The van der Waals surface area contributed by atoms with Crippen LogP contribution in [0.4, 0.5) is 11.5 Å². The zero-order chi connectivity index (χ0) is 37.5. The summed E-state index contributed by atoms with van der Waals surface area (Å²) in [4.78, 5) is 32.9. The molecule has 4 heterocycles. The van der Waals surface area contributed by atoms with Gasteiger partial charge in [0.25, 0.3) is 0 Å². The summed E-state index contributed by atoms with van der Waals surface area (Å²) in [6.07, 6.45) is 8.63. The van der Waals surface area contributed by atoms with Crippen LogP contribution in [0.25, 0.3) is 27.7 Å². The van der Waals surface area contributed by atoms with E-state index in [0.717, 1.165) is 33.5 Å². The van der Waals surface area contributed by atoms with Gasteiger partial charge in [-0.05, 0) is 86.3 Å². The summed E-state index contributed by atoms with van der Waals surface area (Å²) < 4.78 is 6.38. The van der Waals surface area contributed by atoms with Gasteiger partial charge in [0.05, 0.1) is 29.0 Å². The Bertz CT molecular complexity index is 2320. The van der Waals surface area contributed by atoms with Crippen molar-refractivity contribution in [2.24, 2.45) is 10.8 Å². The number of hydrogen-bond acceptors (Lipinski definition) is 11. The molecule has 5 aromatic rings. The molecule has 53 heavy (non-hydrogen) atoms. The van der Waals surface area contributed by atoms with E-state index in [4.69, 9.17) is 19.4 Å². The second kappa shape index (κ2) is 14.2. The Hall–Kier alpha value is -5.48. The highest BCUT2D eigenvalue weighted by Crippen LogP contribution is 2.49. The number of benzene rings is 2. The van der Waals surface area contributed by atoms with Crippen LogP contribution >= 0.6 is 0 Å². The first kappa shape index (κ1) is 35.9. The number of oxazole rings is 1. The smallest absolute Gasteiger partial charge is 0.310 e. The van der Waals surface area contributed by atoms with Crippen LogP contribution in [0.2, 0.25) is 0 Å². The molecule has 0 saturated carbocycles. The van der Waals surface area contributed by atoms with E-state index in [-0.39, 0.29) is 18.6 Å². The number of carboxylic acids is 1. The third kappa shape index (κ3) is 7.15. The minimum absolute atomic E-state index is 0.0244. The van der Waals surface area contributed by atoms with Crippen LogP contribution < -0.4 is 10.6 Å².